The van der Waals surface area contributed by atoms with Gasteiger partial charge < -0.3 is 9.30 Å². The van der Waals surface area contributed by atoms with Crippen LogP contribution in [-0.2, 0) is 11.8 Å². The average molecular weight is 361 g/mol. The number of carbonyl (C=O) groups is 2. The summed E-state index contributed by atoms with van der Waals surface area (Å²) in [5.41, 5.74) is 4.50. The van der Waals surface area contributed by atoms with Gasteiger partial charge in [0.2, 0.25) is 5.78 Å². The van der Waals surface area contributed by atoms with Crippen LogP contribution in [0.15, 0.2) is 24.4 Å². The molecule has 2 heterocycles. The molecule has 0 unspecified atom stereocenters. The Hall–Kier alpha value is -3.46. The van der Waals surface area contributed by atoms with Gasteiger partial charge in [-0.15, -0.1) is 0 Å². The van der Waals surface area contributed by atoms with Gasteiger partial charge in [-0.3, -0.25) is 9.78 Å². The van der Waals surface area contributed by atoms with Gasteiger partial charge in [0, 0.05) is 35.4 Å². The number of methoxy groups -OCH3 is 1. The number of fused-ring (bicyclic) bond motifs is 1. The highest BCUT2D eigenvalue weighted by atomic mass is 16.5. The molecule has 3 rings (SSSR count). The summed E-state index contributed by atoms with van der Waals surface area (Å²) in [5, 5.41) is 10.1. The summed E-state index contributed by atoms with van der Waals surface area (Å²) < 4.78 is 6.56. The van der Waals surface area contributed by atoms with Crippen molar-refractivity contribution in [3.05, 3.63) is 63.6 Å². The fourth-order valence-corrected chi connectivity index (χ4v) is 3.40. The van der Waals surface area contributed by atoms with E-state index in [-0.39, 0.29) is 11.3 Å². The average Bonchev–Trinajstić information content (AvgIpc) is 2.98. The standard InChI is InChI=1S/C21H19N3O3/c1-11-6-14(9-22)7-17-15(11)8-18(24(17)4)20(25)19-12(2)16(21(26)27-5)10-23-13(19)3/h6-8,10H,1-5H3. The Morgan fingerprint density at radius 2 is 1.89 bits per heavy atom. The third-order valence-electron chi connectivity index (χ3n) is 4.89. The molecule has 0 aliphatic heterocycles. The van der Waals surface area contributed by atoms with Crippen molar-refractivity contribution >= 4 is 22.7 Å². The second kappa shape index (κ2) is 6.69. The van der Waals surface area contributed by atoms with Crippen LogP contribution in [-0.4, -0.2) is 28.4 Å². The van der Waals surface area contributed by atoms with Gasteiger partial charge in [0.15, 0.2) is 0 Å². The topological polar surface area (TPSA) is 85.0 Å². The Labute approximate surface area is 157 Å². The number of esters is 1. The lowest BCUT2D eigenvalue weighted by atomic mass is 9.97. The predicted molar refractivity (Wildman–Crippen MR) is 101 cm³/mol. The van der Waals surface area contributed by atoms with Crippen LogP contribution in [0, 0.1) is 32.1 Å². The van der Waals surface area contributed by atoms with Crippen molar-refractivity contribution in [3.63, 3.8) is 0 Å². The van der Waals surface area contributed by atoms with E-state index in [9.17, 15) is 14.9 Å². The number of ether oxygens (including phenoxy) is 1. The predicted octanol–water partition coefficient (Wildman–Crippen LogP) is 3.39. The molecule has 0 spiro atoms. The lowest BCUT2D eigenvalue weighted by molar-refractivity contribution is 0.0599. The van der Waals surface area contributed by atoms with Crippen LogP contribution in [0.3, 0.4) is 0 Å². The van der Waals surface area contributed by atoms with E-state index in [1.54, 1.807) is 37.6 Å². The fraction of sp³-hybridized carbons (Fsp3) is 0.238. The quantitative estimate of drug-likeness (QED) is 0.527. The molecule has 27 heavy (non-hydrogen) atoms. The number of pyridine rings is 1. The summed E-state index contributed by atoms with van der Waals surface area (Å²) in [7, 11) is 3.08. The lowest BCUT2D eigenvalue weighted by Gasteiger charge is -2.12. The van der Waals surface area contributed by atoms with Crippen LogP contribution in [0.1, 0.15) is 48.8 Å². The van der Waals surface area contributed by atoms with Crippen molar-refractivity contribution < 1.29 is 14.3 Å². The molecule has 0 radical (unpaired) electrons. The van der Waals surface area contributed by atoms with Gasteiger partial charge in [0.05, 0.1) is 30.0 Å². The molecule has 0 saturated carbocycles. The summed E-state index contributed by atoms with van der Waals surface area (Å²) in [5.74, 6) is -0.750. The molecule has 0 bridgehead atoms. The van der Waals surface area contributed by atoms with E-state index >= 15 is 0 Å². The van der Waals surface area contributed by atoms with E-state index in [0.29, 0.717) is 28.1 Å². The molecule has 0 saturated heterocycles. The largest absolute Gasteiger partial charge is 0.465 e. The molecule has 0 fully saturated rings. The maximum atomic E-state index is 13.3. The SMILES string of the molecule is COC(=O)c1cnc(C)c(C(=O)c2cc3c(C)cc(C#N)cc3n2C)c1C. The van der Waals surface area contributed by atoms with Gasteiger partial charge in [0.25, 0.3) is 0 Å². The first-order valence-electron chi connectivity index (χ1n) is 8.39. The molecular weight excluding hydrogens is 342 g/mol. The van der Waals surface area contributed by atoms with Crippen LogP contribution in [0.4, 0.5) is 0 Å². The molecule has 3 aromatic rings. The minimum Gasteiger partial charge on any atom is -0.465 e. The van der Waals surface area contributed by atoms with Crippen LogP contribution in [0.25, 0.3) is 10.9 Å². The summed E-state index contributed by atoms with van der Waals surface area (Å²) >= 11 is 0. The molecule has 0 amide bonds. The van der Waals surface area contributed by atoms with Crippen molar-refractivity contribution in [3.8, 4) is 6.07 Å². The number of hydrogen-bond acceptors (Lipinski definition) is 5. The number of aromatic nitrogens is 2. The highest BCUT2D eigenvalue weighted by Crippen LogP contribution is 2.27. The first-order valence-corrected chi connectivity index (χ1v) is 8.39. The number of benzene rings is 1. The third-order valence-corrected chi connectivity index (χ3v) is 4.89. The number of nitrogens with zero attached hydrogens (tertiary/aromatic N) is 3. The van der Waals surface area contributed by atoms with Crippen LogP contribution < -0.4 is 0 Å². The molecule has 0 aliphatic rings. The maximum absolute atomic E-state index is 13.3. The van der Waals surface area contributed by atoms with Crippen LogP contribution in [0.5, 0.6) is 0 Å². The van der Waals surface area contributed by atoms with Crippen molar-refractivity contribution in [2.75, 3.05) is 7.11 Å². The molecule has 0 aliphatic carbocycles. The van der Waals surface area contributed by atoms with Crippen molar-refractivity contribution in [1.29, 1.82) is 5.26 Å². The number of rotatable bonds is 3. The molecule has 2 aromatic heterocycles. The Bertz CT molecular complexity index is 1150. The number of carbonyl (C=O) groups excluding carboxylic acids is 2. The molecule has 136 valence electrons. The fourth-order valence-electron chi connectivity index (χ4n) is 3.40. The van der Waals surface area contributed by atoms with E-state index < -0.39 is 5.97 Å². The monoisotopic (exact) mass is 361 g/mol. The Morgan fingerprint density at radius 1 is 1.19 bits per heavy atom. The summed E-state index contributed by atoms with van der Waals surface area (Å²) in [6, 6.07) is 7.52. The summed E-state index contributed by atoms with van der Waals surface area (Å²) in [4.78, 5) is 29.5. The van der Waals surface area contributed by atoms with Gasteiger partial charge in [-0.2, -0.15) is 5.26 Å². The minimum absolute atomic E-state index is 0.222. The van der Waals surface area contributed by atoms with Crippen molar-refractivity contribution in [2.45, 2.75) is 20.8 Å². The first kappa shape index (κ1) is 18.3. The van der Waals surface area contributed by atoms with Crippen LogP contribution >= 0.6 is 0 Å². The molecule has 6 heteroatoms. The summed E-state index contributed by atoms with van der Waals surface area (Å²) in [6.45, 7) is 5.37. The highest BCUT2D eigenvalue weighted by molar-refractivity contribution is 6.13. The van der Waals surface area contributed by atoms with Gasteiger partial charge in [-0.05, 0) is 50.1 Å². The van der Waals surface area contributed by atoms with E-state index in [2.05, 4.69) is 11.1 Å². The Balaban J connectivity index is 2.23. The highest BCUT2D eigenvalue weighted by Gasteiger charge is 2.24. The van der Waals surface area contributed by atoms with E-state index in [1.807, 2.05) is 13.0 Å². The normalized spacial score (nSPS) is 10.7. The van der Waals surface area contributed by atoms with Crippen molar-refractivity contribution in [1.82, 2.24) is 9.55 Å². The van der Waals surface area contributed by atoms with Crippen molar-refractivity contribution in [2.24, 2.45) is 7.05 Å². The summed E-state index contributed by atoms with van der Waals surface area (Å²) in [6.07, 6.45) is 1.43. The number of hydrogen-bond donors (Lipinski definition) is 0. The van der Waals surface area contributed by atoms with Gasteiger partial charge >= 0.3 is 5.97 Å². The maximum Gasteiger partial charge on any atom is 0.339 e. The van der Waals surface area contributed by atoms with Gasteiger partial charge in [0.1, 0.15) is 0 Å². The zero-order chi connectivity index (χ0) is 19.9. The number of aryl methyl sites for hydroxylation is 3. The molecule has 0 N–H and O–H groups in total. The zero-order valence-electron chi connectivity index (χ0n) is 15.9. The number of ketones is 1. The van der Waals surface area contributed by atoms with Gasteiger partial charge in [-0.25, -0.2) is 4.79 Å². The smallest absolute Gasteiger partial charge is 0.339 e. The number of nitriles is 1. The third kappa shape index (κ3) is 2.87. The van der Waals surface area contributed by atoms with E-state index in [1.165, 1.54) is 13.3 Å². The molecule has 0 atom stereocenters. The lowest BCUT2D eigenvalue weighted by Crippen LogP contribution is -2.15. The van der Waals surface area contributed by atoms with Crippen LogP contribution in [0.2, 0.25) is 0 Å². The molecule has 1 aromatic carbocycles. The Kier molecular flexibility index (Phi) is 4.54. The van der Waals surface area contributed by atoms with Gasteiger partial charge in [-0.1, -0.05) is 0 Å². The second-order valence-corrected chi connectivity index (χ2v) is 6.50. The van der Waals surface area contributed by atoms with E-state index in [4.69, 9.17) is 4.74 Å². The second-order valence-electron chi connectivity index (χ2n) is 6.50. The molecular formula is C21H19N3O3. The Morgan fingerprint density at radius 3 is 2.52 bits per heavy atom. The zero-order valence-corrected chi connectivity index (χ0v) is 15.9. The first-order chi connectivity index (χ1) is 12.8. The molecule has 6 nitrogen and oxygen atoms in total. The van der Waals surface area contributed by atoms with E-state index in [0.717, 1.165) is 16.5 Å². The minimum atomic E-state index is -0.527.